The smallest absolute Gasteiger partial charge is 0.177 e. The molecule has 0 bridgehead atoms. The highest BCUT2D eigenvalue weighted by molar-refractivity contribution is 7.85. The van der Waals surface area contributed by atoms with Crippen LogP contribution in [-0.4, -0.2) is 33.4 Å². The molecule has 1 heterocycles. The molecule has 0 aliphatic rings. The fourth-order valence-corrected chi connectivity index (χ4v) is 4.36. The number of rotatable bonds is 6. The van der Waals surface area contributed by atoms with Crippen LogP contribution in [-0.2, 0) is 22.6 Å². The highest BCUT2D eigenvalue weighted by Crippen LogP contribution is 2.33. The van der Waals surface area contributed by atoms with E-state index >= 15 is 0 Å². The molecule has 1 unspecified atom stereocenters. The van der Waals surface area contributed by atoms with Gasteiger partial charge in [-0.15, -0.1) is 5.10 Å². The molecule has 7 heteroatoms. The predicted molar refractivity (Wildman–Crippen MR) is 118 cm³/mol. The summed E-state index contributed by atoms with van der Waals surface area (Å²) in [5.41, 5.74) is 3.66. The summed E-state index contributed by atoms with van der Waals surface area (Å²) in [7, 11) is 1.82. The Morgan fingerprint density at radius 2 is 1.67 bits per heavy atom. The zero-order valence-corrected chi connectivity index (χ0v) is 19.5. The molecule has 0 amide bonds. The zero-order valence-electron chi connectivity index (χ0n) is 18.6. The second kappa shape index (κ2) is 8.60. The van der Waals surface area contributed by atoms with Crippen molar-refractivity contribution in [2.24, 2.45) is 0 Å². The highest BCUT2D eigenvalue weighted by atomic mass is 32.2. The van der Waals surface area contributed by atoms with Crippen LogP contribution in [0.2, 0.25) is 0 Å². The first-order valence-electron chi connectivity index (χ1n) is 9.91. The maximum absolute atomic E-state index is 13.2. The lowest BCUT2D eigenvalue weighted by molar-refractivity contribution is 0.396. The molecule has 0 aliphatic carbocycles. The molecule has 0 aliphatic heterocycles. The summed E-state index contributed by atoms with van der Waals surface area (Å²) in [6, 6.07) is 11.7. The third-order valence-corrected chi connectivity index (χ3v) is 6.58. The summed E-state index contributed by atoms with van der Waals surface area (Å²) in [6.45, 7) is 10.4. The van der Waals surface area contributed by atoms with Crippen LogP contribution >= 0.6 is 0 Å². The third kappa shape index (κ3) is 4.12. The molecule has 1 atom stereocenters. The topological polar surface area (TPSA) is 66.2 Å². The molecule has 1 aromatic heterocycles. The molecule has 160 valence electrons. The maximum Gasteiger partial charge on any atom is 0.177 e. The van der Waals surface area contributed by atoms with Gasteiger partial charge in [-0.1, -0.05) is 45.0 Å². The van der Waals surface area contributed by atoms with E-state index in [1.807, 2.05) is 43.3 Å². The van der Waals surface area contributed by atoms with Gasteiger partial charge < -0.3 is 9.47 Å². The van der Waals surface area contributed by atoms with Crippen molar-refractivity contribution in [3.8, 4) is 17.2 Å². The van der Waals surface area contributed by atoms with E-state index < -0.39 is 10.8 Å². The van der Waals surface area contributed by atoms with Gasteiger partial charge in [-0.25, -0.2) is 8.89 Å². The first kappa shape index (κ1) is 22.0. The zero-order chi connectivity index (χ0) is 22.1. The summed E-state index contributed by atoms with van der Waals surface area (Å²) in [5.74, 6) is 1.41. The molecule has 0 spiro atoms. The minimum atomic E-state index is -1.43. The second-order valence-corrected chi connectivity index (χ2v) is 9.52. The van der Waals surface area contributed by atoms with E-state index in [-0.39, 0.29) is 5.41 Å². The quantitative estimate of drug-likeness (QED) is 0.574. The van der Waals surface area contributed by atoms with Crippen molar-refractivity contribution in [2.45, 2.75) is 56.4 Å². The van der Waals surface area contributed by atoms with E-state index in [9.17, 15) is 4.21 Å². The molecular weight excluding hydrogens is 398 g/mol. The SMILES string of the molecule is CCc1cc(OC)c(-n2nnc(S(=O)c3ccc(C(C)(C)C)cc3)c2C)cc1OC. The minimum Gasteiger partial charge on any atom is -0.496 e. The number of aryl methyl sites for hydroxylation is 1. The Labute approximate surface area is 180 Å². The van der Waals surface area contributed by atoms with Gasteiger partial charge in [0.25, 0.3) is 0 Å². The molecule has 6 nitrogen and oxygen atoms in total. The molecule has 3 rings (SSSR count). The van der Waals surface area contributed by atoms with E-state index in [0.29, 0.717) is 27.1 Å². The van der Waals surface area contributed by atoms with Crippen LogP contribution in [0.3, 0.4) is 0 Å². The predicted octanol–water partition coefficient (Wildman–Crippen LogP) is 4.62. The molecule has 0 N–H and O–H groups in total. The van der Waals surface area contributed by atoms with Crippen molar-refractivity contribution in [3.63, 3.8) is 0 Å². The number of ether oxygens (including phenoxy) is 2. The second-order valence-electron chi connectivity index (χ2n) is 8.12. The molecule has 2 aromatic carbocycles. The van der Waals surface area contributed by atoms with Crippen molar-refractivity contribution in [2.75, 3.05) is 14.2 Å². The van der Waals surface area contributed by atoms with Gasteiger partial charge in [0.2, 0.25) is 0 Å². The minimum absolute atomic E-state index is 0.0410. The highest BCUT2D eigenvalue weighted by Gasteiger charge is 2.22. The van der Waals surface area contributed by atoms with Crippen LogP contribution in [0.1, 0.15) is 44.5 Å². The van der Waals surface area contributed by atoms with E-state index in [4.69, 9.17) is 9.47 Å². The monoisotopic (exact) mass is 427 g/mol. The molecule has 0 radical (unpaired) electrons. The summed E-state index contributed by atoms with van der Waals surface area (Å²) < 4.78 is 25.9. The largest absolute Gasteiger partial charge is 0.496 e. The van der Waals surface area contributed by atoms with Gasteiger partial charge in [0.05, 0.1) is 19.9 Å². The van der Waals surface area contributed by atoms with E-state index in [0.717, 1.165) is 17.7 Å². The molecule has 0 saturated heterocycles. The first-order valence-corrected chi connectivity index (χ1v) is 11.1. The standard InChI is InChI=1S/C23H29N3O3S/c1-8-16-13-21(29-7)19(14-20(16)28-6)26-15(2)22(24-25-26)30(27)18-11-9-17(10-12-18)23(3,4)5/h9-14H,8H2,1-7H3. The van der Waals surface area contributed by atoms with Crippen LogP contribution in [0, 0.1) is 6.92 Å². The molecule has 3 aromatic rings. The lowest BCUT2D eigenvalue weighted by Crippen LogP contribution is -2.10. The van der Waals surface area contributed by atoms with Gasteiger partial charge in [0.1, 0.15) is 28.0 Å². The third-order valence-electron chi connectivity index (χ3n) is 5.15. The number of nitrogens with zero attached hydrogens (tertiary/aromatic N) is 3. The number of benzene rings is 2. The van der Waals surface area contributed by atoms with E-state index in [1.165, 1.54) is 5.56 Å². The number of hydrogen-bond donors (Lipinski definition) is 0. The van der Waals surface area contributed by atoms with Gasteiger partial charge in [-0.3, -0.25) is 0 Å². The normalized spacial score (nSPS) is 12.6. The Balaban J connectivity index is 2.01. The molecular formula is C23H29N3O3S. The summed E-state index contributed by atoms with van der Waals surface area (Å²) in [4.78, 5) is 0.698. The molecule has 0 saturated carbocycles. The lowest BCUT2D eigenvalue weighted by Gasteiger charge is -2.18. The Kier molecular flexibility index (Phi) is 6.31. The first-order chi connectivity index (χ1) is 14.2. The van der Waals surface area contributed by atoms with Gasteiger partial charge in [0.15, 0.2) is 5.03 Å². The van der Waals surface area contributed by atoms with Gasteiger partial charge >= 0.3 is 0 Å². The Morgan fingerprint density at radius 3 is 2.20 bits per heavy atom. The van der Waals surface area contributed by atoms with Crippen LogP contribution in [0.5, 0.6) is 11.5 Å². The van der Waals surface area contributed by atoms with Crippen molar-refractivity contribution in [3.05, 3.63) is 53.2 Å². The number of hydrogen-bond acceptors (Lipinski definition) is 5. The fourth-order valence-electron chi connectivity index (χ4n) is 3.29. The number of methoxy groups -OCH3 is 2. The molecule has 0 fully saturated rings. The van der Waals surface area contributed by atoms with Crippen molar-refractivity contribution in [1.29, 1.82) is 0 Å². The average molecular weight is 428 g/mol. The van der Waals surface area contributed by atoms with E-state index in [2.05, 4.69) is 38.0 Å². The van der Waals surface area contributed by atoms with Crippen molar-refractivity contribution < 1.29 is 13.7 Å². The summed E-state index contributed by atoms with van der Waals surface area (Å²) in [5, 5.41) is 8.93. The van der Waals surface area contributed by atoms with Gasteiger partial charge in [-0.05, 0) is 48.1 Å². The van der Waals surface area contributed by atoms with Crippen LogP contribution < -0.4 is 9.47 Å². The van der Waals surface area contributed by atoms with Crippen LogP contribution in [0.15, 0.2) is 46.3 Å². The van der Waals surface area contributed by atoms with Crippen LogP contribution in [0.4, 0.5) is 0 Å². The van der Waals surface area contributed by atoms with Gasteiger partial charge in [-0.2, -0.15) is 0 Å². The number of aromatic nitrogens is 3. The van der Waals surface area contributed by atoms with E-state index in [1.54, 1.807) is 18.9 Å². The van der Waals surface area contributed by atoms with Crippen molar-refractivity contribution in [1.82, 2.24) is 15.0 Å². The summed E-state index contributed by atoms with van der Waals surface area (Å²) in [6.07, 6.45) is 0.815. The Bertz CT molecular complexity index is 1070. The summed E-state index contributed by atoms with van der Waals surface area (Å²) >= 11 is 0. The fraction of sp³-hybridized carbons (Fsp3) is 0.391. The molecule has 30 heavy (non-hydrogen) atoms. The van der Waals surface area contributed by atoms with Gasteiger partial charge in [0, 0.05) is 11.0 Å². The van der Waals surface area contributed by atoms with Crippen LogP contribution in [0.25, 0.3) is 5.69 Å². The average Bonchev–Trinajstić information content (AvgIpc) is 3.12. The Morgan fingerprint density at radius 1 is 1.03 bits per heavy atom. The van der Waals surface area contributed by atoms with Crippen molar-refractivity contribution >= 4 is 10.8 Å². The Hall–Kier alpha value is -2.67. The lowest BCUT2D eigenvalue weighted by atomic mass is 9.87. The maximum atomic E-state index is 13.2.